The summed E-state index contributed by atoms with van der Waals surface area (Å²) in [6, 6.07) is 7.08. The van der Waals surface area contributed by atoms with Crippen molar-refractivity contribution in [1.29, 1.82) is 0 Å². The molecule has 16 heavy (non-hydrogen) atoms. The molecule has 0 radical (unpaired) electrons. The van der Waals surface area contributed by atoms with Crippen LogP contribution in [0, 0.1) is 0 Å². The van der Waals surface area contributed by atoms with Gasteiger partial charge in [0.15, 0.2) is 0 Å². The Labute approximate surface area is 96.7 Å². The van der Waals surface area contributed by atoms with E-state index in [1.54, 1.807) is 0 Å². The summed E-state index contributed by atoms with van der Waals surface area (Å²) in [7, 11) is 0. The molecular weight excluding hydrogens is 198 g/mol. The molecule has 1 aromatic rings. The second-order valence-corrected chi connectivity index (χ2v) is 5.12. The predicted octanol–water partition coefficient (Wildman–Crippen LogP) is 2.91. The van der Waals surface area contributed by atoms with E-state index in [2.05, 4.69) is 11.4 Å². The molecule has 1 unspecified atom stereocenters. The summed E-state index contributed by atoms with van der Waals surface area (Å²) in [5, 5.41) is 13.2. The lowest BCUT2D eigenvalue weighted by molar-refractivity contribution is 0.437. The van der Waals surface area contributed by atoms with Gasteiger partial charge < -0.3 is 10.4 Å². The summed E-state index contributed by atoms with van der Waals surface area (Å²) in [5.74, 6) is 0.403. The second kappa shape index (κ2) is 4.10. The highest BCUT2D eigenvalue weighted by atomic mass is 16.3. The van der Waals surface area contributed by atoms with Crippen LogP contribution >= 0.6 is 0 Å². The van der Waals surface area contributed by atoms with Gasteiger partial charge in [-0.2, -0.15) is 0 Å². The number of fused-ring (bicyclic) bond motifs is 1. The topological polar surface area (TPSA) is 32.3 Å². The fraction of sp³-hybridized carbons (Fsp3) is 0.571. The van der Waals surface area contributed by atoms with Gasteiger partial charge in [0, 0.05) is 12.1 Å². The third kappa shape index (κ3) is 1.82. The van der Waals surface area contributed by atoms with Gasteiger partial charge in [0.05, 0.1) is 0 Å². The minimum atomic E-state index is 0.403. The quantitative estimate of drug-likeness (QED) is 0.798. The van der Waals surface area contributed by atoms with Gasteiger partial charge in [0.2, 0.25) is 0 Å². The minimum absolute atomic E-state index is 0.403. The normalized spacial score (nSPS) is 24.9. The molecule has 3 rings (SSSR count). The van der Waals surface area contributed by atoms with Gasteiger partial charge in [0.1, 0.15) is 5.75 Å². The molecule has 86 valence electrons. The zero-order valence-electron chi connectivity index (χ0n) is 9.58. The Hall–Kier alpha value is -1.02. The Kier molecular flexibility index (Phi) is 2.60. The van der Waals surface area contributed by atoms with Gasteiger partial charge in [-0.05, 0) is 48.9 Å². The van der Waals surface area contributed by atoms with Crippen molar-refractivity contribution in [3.63, 3.8) is 0 Å². The van der Waals surface area contributed by atoms with Gasteiger partial charge >= 0.3 is 0 Å². The number of nitrogens with one attached hydrogen (secondary N) is 1. The number of hydrogen-bond acceptors (Lipinski definition) is 2. The van der Waals surface area contributed by atoms with Crippen molar-refractivity contribution in [3.8, 4) is 5.75 Å². The molecular formula is C14H19NO. The highest BCUT2D eigenvalue weighted by molar-refractivity contribution is 5.40. The molecule has 1 fully saturated rings. The lowest BCUT2D eigenvalue weighted by Gasteiger charge is -2.19. The molecule has 0 bridgehead atoms. The Morgan fingerprint density at radius 2 is 1.94 bits per heavy atom. The van der Waals surface area contributed by atoms with Crippen LogP contribution in [0.25, 0.3) is 0 Å². The Bertz CT molecular complexity index is 382. The molecule has 2 heteroatoms. The van der Waals surface area contributed by atoms with Gasteiger partial charge in [-0.3, -0.25) is 0 Å². The molecule has 2 N–H and O–H groups in total. The van der Waals surface area contributed by atoms with E-state index in [9.17, 15) is 5.11 Å². The molecule has 2 aliphatic carbocycles. The van der Waals surface area contributed by atoms with Gasteiger partial charge in [-0.25, -0.2) is 0 Å². The van der Waals surface area contributed by atoms with Crippen LogP contribution in [0.4, 0.5) is 0 Å². The number of phenols is 1. The van der Waals surface area contributed by atoms with Crippen LogP contribution < -0.4 is 5.32 Å². The number of benzene rings is 1. The zero-order chi connectivity index (χ0) is 11.0. The monoisotopic (exact) mass is 217 g/mol. The van der Waals surface area contributed by atoms with E-state index in [1.165, 1.54) is 43.2 Å². The minimum Gasteiger partial charge on any atom is -0.508 e. The predicted molar refractivity (Wildman–Crippen MR) is 64.6 cm³/mol. The third-order valence-corrected chi connectivity index (χ3v) is 4.00. The molecule has 0 amide bonds. The smallest absolute Gasteiger partial charge is 0.115 e. The summed E-state index contributed by atoms with van der Waals surface area (Å²) >= 11 is 0. The van der Waals surface area contributed by atoms with Crippen molar-refractivity contribution < 1.29 is 5.11 Å². The van der Waals surface area contributed by atoms with Crippen molar-refractivity contribution in [2.45, 2.75) is 50.6 Å². The number of phenolic OH excluding ortho intramolecular Hbond substituents is 1. The molecule has 1 aromatic carbocycles. The second-order valence-electron chi connectivity index (χ2n) is 5.12. The molecule has 2 nitrogen and oxygen atoms in total. The maximum absolute atomic E-state index is 9.45. The molecule has 0 spiro atoms. The van der Waals surface area contributed by atoms with E-state index in [4.69, 9.17) is 0 Å². The Morgan fingerprint density at radius 1 is 1.12 bits per heavy atom. The van der Waals surface area contributed by atoms with Crippen LogP contribution in [-0.2, 0) is 6.42 Å². The van der Waals surface area contributed by atoms with Crippen molar-refractivity contribution in [2.75, 3.05) is 0 Å². The highest BCUT2D eigenvalue weighted by Crippen LogP contribution is 2.34. The number of rotatable bonds is 2. The fourth-order valence-corrected chi connectivity index (χ4v) is 3.15. The van der Waals surface area contributed by atoms with Crippen LogP contribution in [0.2, 0.25) is 0 Å². The van der Waals surface area contributed by atoms with E-state index in [0.717, 1.165) is 12.5 Å². The van der Waals surface area contributed by atoms with Crippen molar-refractivity contribution in [3.05, 3.63) is 29.3 Å². The van der Waals surface area contributed by atoms with Crippen LogP contribution in [0.3, 0.4) is 0 Å². The van der Waals surface area contributed by atoms with Crippen LogP contribution in [-0.4, -0.2) is 11.1 Å². The highest BCUT2D eigenvalue weighted by Gasteiger charge is 2.26. The largest absolute Gasteiger partial charge is 0.508 e. The van der Waals surface area contributed by atoms with E-state index in [1.807, 2.05) is 12.1 Å². The first-order valence-electron chi connectivity index (χ1n) is 6.41. The molecule has 0 saturated heterocycles. The first-order valence-corrected chi connectivity index (χ1v) is 6.41. The average molecular weight is 217 g/mol. The maximum atomic E-state index is 9.45. The number of aryl methyl sites for hydroxylation is 1. The van der Waals surface area contributed by atoms with Crippen molar-refractivity contribution >= 4 is 0 Å². The van der Waals surface area contributed by atoms with Crippen LogP contribution in [0.5, 0.6) is 5.75 Å². The number of hydrogen-bond donors (Lipinski definition) is 2. The van der Waals surface area contributed by atoms with Gasteiger partial charge in [-0.15, -0.1) is 0 Å². The van der Waals surface area contributed by atoms with E-state index >= 15 is 0 Å². The van der Waals surface area contributed by atoms with E-state index in [-0.39, 0.29) is 0 Å². The standard InChI is InChI=1S/C14H19NO/c16-12-6-7-13-10(9-12)5-8-14(13)15-11-3-1-2-4-11/h6-7,9,11,14-16H,1-5,8H2. The van der Waals surface area contributed by atoms with Gasteiger partial charge in [0.25, 0.3) is 0 Å². The molecule has 0 aromatic heterocycles. The summed E-state index contributed by atoms with van der Waals surface area (Å²) in [6.07, 6.45) is 7.73. The lowest BCUT2D eigenvalue weighted by atomic mass is 10.1. The maximum Gasteiger partial charge on any atom is 0.115 e. The molecule has 1 saturated carbocycles. The molecule has 2 aliphatic rings. The first kappa shape index (κ1) is 10.2. The van der Waals surface area contributed by atoms with E-state index < -0.39 is 0 Å². The average Bonchev–Trinajstić information content (AvgIpc) is 2.89. The molecule has 0 aliphatic heterocycles. The van der Waals surface area contributed by atoms with Gasteiger partial charge in [-0.1, -0.05) is 18.9 Å². The molecule has 0 heterocycles. The summed E-state index contributed by atoms with van der Waals surface area (Å²) in [5.41, 5.74) is 2.74. The SMILES string of the molecule is Oc1ccc2c(c1)CCC2NC1CCCC1. The van der Waals surface area contributed by atoms with Crippen LogP contribution in [0.1, 0.15) is 49.3 Å². The summed E-state index contributed by atoms with van der Waals surface area (Å²) < 4.78 is 0. The van der Waals surface area contributed by atoms with Crippen LogP contribution in [0.15, 0.2) is 18.2 Å². The zero-order valence-corrected chi connectivity index (χ0v) is 9.58. The molecule has 1 atom stereocenters. The Morgan fingerprint density at radius 3 is 2.75 bits per heavy atom. The number of aromatic hydroxyl groups is 1. The third-order valence-electron chi connectivity index (χ3n) is 4.00. The lowest BCUT2D eigenvalue weighted by Crippen LogP contribution is -2.29. The first-order chi connectivity index (χ1) is 7.83. The summed E-state index contributed by atoms with van der Waals surface area (Å²) in [4.78, 5) is 0. The fourth-order valence-electron chi connectivity index (χ4n) is 3.15. The Balaban J connectivity index is 1.75. The van der Waals surface area contributed by atoms with Crippen molar-refractivity contribution in [2.24, 2.45) is 0 Å². The summed E-state index contributed by atoms with van der Waals surface area (Å²) in [6.45, 7) is 0. The van der Waals surface area contributed by atoms with Crippen molar-refractivity contribution in [1.82, 2.24) is 5.32 Å². The van der Waals surface area contributed by atoms with E-state index in [0.29, 0.717) is 11.8 Å².